The molecule has 112 valence electrons. The Balaban J connectivity index is 2.03. The van der Waals surface area contributed by atoms with E-state index in [9.17, 15) is 5.11 Å². The summed E-state index contributed by atoms with van der Waals surface area (Å²) in [5.74, 6) is 0.799. The van der Waals surface area contributed by atoms with Crippen molar-refractivity contribution in [2.45, 2.75) is 6.92 Å². The fourth-order valence-electron chi connectivity index (χ4n) is 2.18. The van der Waals surface area contributed by atoms with Gasteiger partial charge in [0.05, 0.1) is 11.0 Å². The topological polar surface area (TPSA) is 50.4 Å². The maximum atomic E-state index is 9.92. The Morgan fingerprint density at radius 2 is 1.91 bits per heavy atom. The minimum Gasteiger partial charge on any atom is -0.507 e. The Morgan fingerprint density at radius 1 is 1.18 bits per heavy atom. The summed E-state index contributed by atoms with van der Waals surface area (Å²) in [6.07, 6.45) is 1.63. The molecule has 3 rings (SSSR count). The van der Waals surface area contributed by atoms with Gasteiger partial charge in [0.15, 0.2) is 0 Å². The van der Waals surface area contributed by atoms with Crippen LogP contribution >= 0.6 is 31.9 Å². The highest BCUT2D eigenvalue weighted by Crippen LogP contribution is 2.30. The number of benzene rings is 2. The van der Waals surface area contributed by atoms with Crippen molar-refractivity contribution >= 4 is 55.1 Å². The number of nitrogens with zero attached hydrogens (tertiary/aromatic N) is 3. The largest absolute Gasteiger partial charge is 0.507 e. The quantitative estimate of drug-likeness (QED) is 0.599. The number of aliphatic imine (C=N–C) groups is 1. The summed E-state index contributed by atoms with van der Waals surface area (Å²) in [4.78, 5) is 8.91. The van der Waals surface area contributed by atoms with Crippen LogP contribution in [-0.2, 0) is 7.05 Å². The molecule has 0 radical (unpaired) electrons. The van der Waals surface area contributed by atoms with Crippen molar-refractivity contribution in [3.05, 3.63) is 50.4 Å². The number of rotatable bonds is 2. The zero-order valence-corrected chi connectivity index (χ0v) is 15.2. The van der Waals surface area contributed by atoms with E-state index in [2.05, 4.69) is 41.8 Å². The van der Waals surface area contributed by atoms with Crippen LogP contribution in [0.2, 0.25) is 0 Å². The molecule has 0 aliphatic heterocycles. The molecule has 0 fully saturated rings. The minimum absolute atomic E-state index is 0.216. The van der Waals surface area contributed by atoms with Gasteiger partial charge in [-0.2, -0.15) is 0 Å². The lowest BCUT2D eigenvalue weighted by atomic mass is 10.1. The number of aryl methyl sites for hydroxylation is 2. The molecule has 0 aliphatic carbocycles. The second-order valence-electron chi connectivity index (χ2n) is 5.05. The van der Waals surface area contributed by atoms with Crippen molar-refractivity contribution in [3.63, 3.8) is 0 Å². The van der Waals surface area contributed by atoms with E-state index in [-0.39, 0.29) is 5.75 Å². The predicted molar refractivity (Wildman–Crippen MR) is 96.2 cm³/mol. The van der Waals surface area contributed by atoms with Crippen LogP contribution in [0, 0.1) is 6.92 Å². The molecule has 1 heterocycles. The third kappa shape index (κ3) is 2.80. The normalized spacial score (nSPS) is 11.6. The van der Waals surface area contributed by atoms with Crippen LogP contribution in [0.15, 0.2) is 44.3 Å². The molecule has 3 aromatic rings. The van der Waals surface area contributed by atoms with Gasteiger partial charge in [-0.15, -0.1) is 0 Å². The number of aromatic hydroxyl groups is 1. The fraction of sp³-hybridized carbons (Fsp3) is 0.125. The number of halogens is 2. The van der Waals surface area contributed by atoms with Crippen LogP contribution in [0.1, 0.15) is 11.1 Å². The van der Waals surface area contributed by atoms with E-state index in [1.54, 1.807) is 12.3 Å². The zero-order chi connectivity index (χ0) is 15.9. The molecule has 6 heteroatoms. The van der Waals surface area contributed by atoms with Crippen molar-refractivity contribution in [2.75, 3.05) is 0 Å². The molecule has 2 aromatic carbocycles. The van der Waals surface area contributed by atoms with Crippen LogP contribution in [0.4, 0.5) is 5.95 Å². The van der Waals surface area contributed by atoms with Crippen molar-refractivity contribution < 1.29 is 5.11 Å². The number of fused-ring (bicyclic) bond motifs is 1. The molecular formula is C16H13Br2N3O. The number of hydrogen-bond donors (Lipinski definition) is 1. The molecule has 0 amide bonds. The van der Waals surface area contributed by atoms with Crippen molar-refractivity contribution in [2.24, 2.45) is 12.0 Å². The van der Waals surface area contributed by atoms with Gasteiger partial charge in [-0.1, -0.05) is 6.07 Å². The lowest BCUT2D eigenvalue weighted by Gasteiger charge is -2.00. The summed E-state index contributed by atoms with van der Waals surface area (Å²) in [6, 6.07) is 9.43. The molecule has 0 saturated heterocycles. The monoisotopic (exact) mass is 421 g/mol. The van der Waals surface area contributed by atoms with Gasteiger partial charge >= 0.3 is 0 Å². The molecule has 22 heavy (non-hydrogen) atoms. The number of imidazole rings is 1. The average Bonchev–Trinajstić information content (AvgIpc) is 2.75. The Hall–Kier alpha value is -1.66. The number of aromatic nitrogens is 2. The van der Waals surface area contributed by atoms with Gasteiger partial charge in [-0.25, -0.2) is 9.98 Å². The molecule has 1 N–H and O–H groups in total. The zero-order valence-electron chi connectivity index (χ0n) is 12.0. The maximum absolute atomic E-state index is 9.92. The summed E-state index contributed by atoms with van der Waals surface area (Å²) in [5, 5.41) is 9.92. The van der Waals surface area contributed by atoms with Crippen LogP contribution in [-0.4, -0.2) is 20.9 Å². The molecule has 0 bridgehead atoms. The van der Waals surface area contributed by atoms with Crippen molar-refractivity contribution in [1.82, 2.24) is 9.55 Å². The molecule has 1 aromatic heterocycles. The average molecular weight is 423 g/mol. The summed E-state index contributed by atoms with van der Waals surface area (Å²) in [6.45, 7) is 1.93. The van der Waals surface area contributed by atoms with E-state index in [1.165, 1.54) is 0 Å². The molecule has 0 atom stereocenters. The van der Waals surface area contributed by atoms with Gasteiger partial charge in [0, 0.05) is 27.8 Å². The SMILES string of the molecule is Cc1ccc(C=Nc2nc3cc(Br)c(Br)cc3n2C)c(O)c1. The first-order valence-electron chi connectivity index (χ1n) is 6.61. The van der Waals surface area contributed by atoms with Crippen LogP contribution in [0.3, 0.4) is 0 Å². The summed E-state index contributed by atoms with van der Waals surface area (Å²) >= 11 is 6.97. The van der Waals surface area contributed by atoms with E-state index in [0.29, 0.717) is 11.5 Å². The van der Waals surface area contributed by atoms with Gasteiger partial charge in [0.1, 0.15) is 5.75 Å². The molecule has 0 aliphatic rings. The third-order valence-electron chi connectivity index (χ3n) is 3.40. The fourth-order valence-corrected chi connectivity index (χ4v) is 2.84. The number of phenolic OH excluding ortho intramolecular Hbond substituents is 1. The van der Waals surface area contributed by atoms with E-state index in [1.807, 2.05) is 42.8 Å². The Labute approximate surface area is 144 Å². The highest BCUT2D eigenvalue weighted by Gasteiger charge is 2.09. The lowest BCUT2D eigenvalue weighted by molar-refractivity contribution is 0.474. The van der Waals surface area contributed by atoms with Gasteiger partial charge < -0.3 is 9.67 Å². The minimum atomic E-state index is 0.216. The Morgan fingerprint density at radius 3 is 2.64 bits per heavy atom. The van der Waals surface area contributed by atoms with E-state index < -0.39 is 0 Å². The third-order valence-corrected chi connectivity index (χ3v) is 5.25. The molecule has 4 nitrogen and oxygen atoms in total. The lowest BCUT2D eigenvalue weighted by Crippen LogP contribution is -1.88. The highest BCUT2D eigenvalue weighted by molar-refractivity contribution is 9.13. The first-order valence-corrected chi connectivity index (χ1v) is 8.19. The van der Waals surface area contributed by atoms with Crippen LogP contribution in [0.25, 0.3) is 11.0 Å². The van der Waals surface area contributed by atoms with Gasteiger partial charge in [-0.05, 0) is 68.6 Å². The Kier molecular flexibility index (Phi) is 4.06. The van der Waals surface area contributed by atoms with Crippen molar-refractivity contribution in [1.29, 1.82) is 0 Å². The van der Waals surface area contributed by atoms with Gasteiger partial charge in [0.2, 0.25) is 5.95 Å². The smallest absolute Gasteiger partial charge is 0.230 e. The van der Waals surface area contributed by atoms with E-state index in [0.717, 1.165) is 25.5 Å². The first-order chi connectivity index (χ1) is 10.5. The molecular weight excluding hydrogens is 410 g/mol. The predicted octanol–water partition coefficient (Wildman–Crippen LogP) is 4.86. The van der Waals surface area contributed by atoms with E-state index in [4.69, 9.17) is 0 Å². The molecule has 0 unspecified atom stereocenters. The number of hydrogen-bond acceptors (Lipinski definition) is 3. The first kappa shape index (κ1) is 15.2. The van der Waals surface area contributed by atoms with Gasteiger partial charge in [0.25, 0.3) is 0 Å². The highest BCUT2D eigenvalue weighted by atomic mass is 79.9. The van der Waals surface area contributed by atoms with Crippen molar-refractivity contribution in [3.8, 4) is 5.75 Å². The van der Waals surface area contributed by atoms with Crippen LogP contribution in [0.5, 0.6) is 5.75 Å². The van der Waals surface area contributed by atoms with E-state index >= 15 is 0 Å². The standard InChI is InChI=1S/C16H13Br2N3O/c1-9-3-4-10(15(22)5-9)8-19-16-20-13-6-11(17)12(18)7-14(13)21(16)2/h3-8,22H,1-2H3. The second-order valence-corrected chi connectivity index (χ2v) is 6.75. The summed E-state index contributed by atoms with van der Waals surface area (Å²) in [5.41, 5.74) is 3.51. The molecule has 0 saturated carbocycles. The van der Waals surface area contributed by atoms with Gasteiger partial charge in [-0.3, -0.25) is 0 Å². The molecule has 0 spiro atoms. The summed E-state index contributed by atoms with van der Waals surface area (Å²) in [7, 11) is 1.91. The second kappa shape index (κ2) is 5.85. The Bertz CT molecular complexity index is 900. The summed E-state index contributed by atoms with van der Waals surface area (Å²) < 4.78 is 3.83. The van der Waals surface area contributed by atoms with Crippen LogP contribution < -0.4 is 0 Å². The maximum Gasteiger partial charge on any atom is 0.230 e. The number of phenols is 1.